The normalized spacial score (nSPS) is 12.0. The SMILES string of the molecule is CC(=O)SCCNC(=O)OCC(C)(C)[C@@H](C=O)C(=O)NCCC(=O)O. The van der Waals surface area contributed by atoms with E-state index in [2.05, 4.69) is 10.6 Å². The molecule has 0 unspecified atom stereocenters. The minimum atomic E-state index is -1.10. The van der Waals surface area contributed by atoms with Gasteiger partial charge in [-0.1, -0.05) is 25.6 Å². The minimum absolute atomic E-state index is 0.0564. The zero-order valence-electron chi connectivity index (χ0n) is 14.5. The molecule has 0 aromatic heterocycles. The average Bonchev–Trinajstić information content (AvgIpc) is 2.49. The molecule has 0 saturated heterocycles. The fourth-order valence-electron chi connectivity index (χ4n) is 1.74. The highest BCUT2D eigenvalue weighted by atomic mass is 32.2. The summed E-state index contributed by atoms with van der Waals surface area (Å²) in [5.74, 6) is -2.37. The number of hydrogen-bond acceptors (Lipinski definition) is 7. The fraction of sp³-hybridized carbons (Fsp3) is 0.667. The van der Waals surface area contributed by atoms with Crippen LogP contribution in [-0.2, 0) is 23.9 Å². The van der Waals surface area contributed by atoms with Crippen molar-refractivity contribution in [2.24, 2.45) is 11.3 Å². The lowest BCUT2D eigenvalue weighted by molar-refractivity contribution is -0.137. The number of hydrogen-bond donors (Lipinski definition) is 3. The summed E-state index contributed by atoms with van der Waals surface area (Å²) >= 11 is 1.07. The van der Waals surface area contributed by atoms with Crippen molar-refractivity contribution in [1.82, 2.24) is 10.6 Å². The number of alkyl carbamates (subject to hydrolysis) is 1. The highest BCUT2D eigenvalue weighted by Gasteiger charge is 2.36. The molecular formula is C15H24N2O7S. The smallest absolute Gasteiger partial charge is 0.407 e. The number of rotatable bonds is 11. The van der Waals surface area contributed by atoms with Crippen molar-refractivity contribution in [3.8, 4) is 0 Å². The quantitative estimate of drug-likeness (QED) is 0.268. The molecule has 0 spiro atoms. The third-order valence-corrected chi connectivity index (χ3v) is 3.97. The Morgan fingerprint density at radius 1 is 1.20 bits per heavy atom. The van der Waals surface area contributed by atoms with Gasteiger partial charge in [-0.25, -0.2) is 4.79 Å². The number of aliphatic carboxylic acids is 1. The Morgan fingerprint density at radius 3 is 2.36 bits per heavy atom. The Bertz CT molecular complexity index is 508. The number of nitrogens with one attached hydrogen (secondary N) is 2. The van der Waals surface area contributed by atoms with Gasteiger partial charge in [0.1, 0.15) is 12.2 Å². The maximum atomic E-state index is 12.0. The van der Waals surface area contributed by atoms with E-state index in [0.29, 0.717) is 12.0 Å². The van der Waals surface area contributed by atoms with Crippen LogP contribution in [0.2, 0.25) is 0 Å². The van der Waals surface area contributed by atoms with Crippen LogP contribution < -0.4 is 10.6 Å². The van der Waals surface area contributed by atoms with Crippen LogP contribution in [0, 0.1) is 11.3 Å². The number of thioether (sulfide) groups is 1. The lowest BCUT2D eigenvalue weighted by Crippen LogP contribution is -2.44. The molecule has 3 N–H and O–H groups in total. The number of ether oxygens (including phenoxy) is 1. The molecule has 9 nitrogen and oxygen atoms in total. The third kappa shape index (κ3) is 10.4. The van der Waals surface area contributed by atoms with Gasteiger partial charge in [-0.2, -0.15) is 0 Å². The Balaban J connectivity index is 4.37. The molecule has 1 atom stereocenters. The van der Waals surface area contributed by atoms with E-state index in [0.717, 1.165) is 11.8 Å². The number of carboxylic acid groups (broad SMARTS) is 1. The first-order valence-electron chi connectivity index (χ1n) is 7.59. The van der Waals surface area contributed by atoms with E-state index < -0.39 is 29.3 Å². The Hall–Kier alpha value is -2.10. The number of amides is 2. The number of aldehydes is 1. The fourth-order valence-corrected chi connectivity index (χ4v) is 2.24. The highest BCUT2D eigenvalue weighted by molar-refractivity contribution is 8.13. The standard InChI is InChI=1S/C15H24N2O7S/c1-10(19)25-7-6-17-14(23)24-9-15(2,3)11(8-18)13(22)16-5-4-12(20)21/h8,11H,4-7,9H2,1-3H3,(H,16,22)(H,17,23)(H,20,21)/t11-/m0/s1. The van der Waals surface area contributed by atoms with E-state index in [-0.39, 0.29) is 31.2 Å². The second-order valence-electron chi connectivity index (χ2n) is 5.88. The summed E-state index contributed by atoms with van der Waals surface area (Å²) in [6.45, 7) is 4.56. The third-order valence-electron chi connectivity index (χ3n) is 3.15. The van der Waals surface area contributed by atoms with Crippen molar-refractivity contribution >= 4 is 41.1 Å². The maximum absolute atomic E-state index is 12.0. The van der Waals surface area contributed by atoms with Crippen LogP contribution in [0.3, 0.4) is 0 Å². The molecule has 0 aromatic carbocycles. The average molecular weight is 376 g/mol. The predicted molar refractivity (Wildman–Crippen MR) is 91.1 cm³/mol. The number of carboxylic acids is 1. The molecule has 0 aromatic rings. The van der Waals surface area contributed by atoms with Crippen LogP contribution in [0.15, 0.2) is 0 Å². The maximum Gasteiger partial charge on any atom is 0.407 e. The van der Waals surface area contributed by atoms with Gasteiger partial charge in [-0.05, 0) is 0 Å². The van der Waals surface area contributed by atoms with E-state index in [1.165, 1.54) is 6.92 Å². The Kier molecular flexibility index (Phi) is 10.5. The van der Waals surface area contributed by atoms with E-state index in [1.54, 1.807) is 13.8 Å². The molecule has 0 saturated carbocycles. The summed E-state index contributed by atoms with van der Waals surface area (Å²) in [6.07, 6.45) is -0.524. The molecule has 25 heavy (non-hydrogen) atoms. The van der Waals surface area contributed by atoms with Crippen LogP contribution in [0.1, 0.15) is 27.2 Å². The van der Waals surface area contributed by atoms with Gasteiger partial charge in [-0.3, -0.25) is 14.4 Å². The van der Waals surface area contributed by atoms with E-state index in [1.807, 2.05) is 0 Å². The molecule has 0 aliphatic rings. The van der Waals surface area contributed by atoms with Crippen molar-refractivity contribution in [2.75, 3.05) is 25.4 Å². The molecule has 142 valence electrons. The zero-order chi connectivity index (χ0) is 19.5. The molecule has 0 fully saturated rings. The van der Waals surface area contributed by atoms with Crippen molar-refractivity contribution in [3.63, 3.8) is 0 Å². The summed E-state index contributed by atoms with van der Waals surface area (Å²) in [6, 6.07) is 0. The lowest BCUT2D eigenvalue weighted by Gasteiger charge is -2.29. The molecule has 0 rings (SSSR count). The Labute approximate surface area is 150 Å². The topological polar surface area (TPSA) is 139 Å². The van der Waals surface area contributed by atoms with Crippen LogP contribution in [0.4, 0.5) is 4.79 Å². The van der Waals surface area contributed by atoms with Crippen LogP contribution in [-0.4, -0.2) is 59.9 Å². The minimum Gasteiger partial charge on any atom is -0.481 e. The van der Waals surface area contributed by atoms with Gasteiger partial charge < -0.3 is 25.3 Å². The number of carbonyl (C=O) groups is 5. The summed E-state index contributed by atoms with van der Waals surface area (Å²) in [4.78, 5) is 56.0. The van der Waals surface area contributed by atoms with Crippen molar-refractivity contribution in [2.45, 2.75) is 27.2 Å². The van der Waals surface area contributed by atoms with Gasteiger partial charge >= 0.3 is 12.1 Å². The largest absolute Gasteiger partial charge is 0.481 e. The molecule has 0 aliphatic carbocycles. The highest BCUT2D eigenvalue weighted by Crippen LogP contribution is 2.26. The van der Waals surface area contributed by atoms with E-state index in [9.17, 15) is 24.0 Å². The molecule has 0 heterocycles. The van der Waals surface area contributed by atoms with Crippen LogP contribution in [0.5, 0.6) is 0 Å². The Morgan fingerprint density at radius 2 is 1.84 bits per heavy atom. The summed E-state index contributed by atoms with van der Waals surface area (Å²) < 4.78 is 5.01. The van der Waals surface area contributed by atoms with Gasteiger partial charge in [0.15, 0.2) is 5.12 Å². The first-order chi connectivity index (χ1) is 11.6. The van der Waals surface area contributed by atoms with Crippen LogP contribution >= 0.6 is 11.8 Å². The number of carbonyl (C=O) groups excluding carboxylic acids is 4. The van der Waals surface area contributed by atoms with Crippen molar-refractivity contribution in [3.05, 3.63) is 0 Å². The summed E-state index contributed by atoms with van der Waals surface area (Å²) in [5, 5.41) is 13.3. The van der Waals surface area contributed by atoms with E-state index >= 15 is 0 Å². The first-order valence-corrected chi connectivity index (χ1v) is 8.57. The molecular weight excluding hydrogens is 352 g/mol. The van der Waals surface area contributed by atoms with E-state index in [4.69, 9.17) is 9.84 Å². The monoisotopic (exact) mass is 376 g/mol. The summed E-state index contributed by atoms with van der Waals surface area (Å²) in [7, 11) is 0. The predicted octanol–water partition coefficient (Wildman–Crippen LogP) is 0.425. The van der Waals surface area contributed by atoms with Crippen molar-refractivity contribution < 1.29 is 33.8 Å². The summed E-state index contributed by atoms with van der Waals surface area (Å²) in [5.41, 5.74) is -0.972. The van der Waals surface area contributed by atoms with Crippen molar-refractivity contribution in [1.29, 1.82) is 0 Å². The molecule has 0 aliphatic heterocycles. The van der Waals surface area contributed by atoms with Gasteiger partial charge in [0, 0.05) is 31.2 Å². The molecule has 2 amide bonds. The molecule has 0 radical (unpaired) electrons. The van der Waals surface area contributed by atoms with Gasteiger partial charge in [0.2, 0.25) is 5.91 Å². The van der Waals surface area contributed by atoms with Gasteiger partial charge in [0.25, 0.3) is 0 Å². The second kappa shape index (κ2) is 11.5. The van der Waals surface area contributed by atoms with Crippen LogP contribution in [0.25, 0.3) is 0 Å². The molecule has 0 bridgehead atoms. The lowest BCUT2D eigenvalue weighted by atomic mass is 9.79. The van der Waals surface area contributed by atoms with Gasteiger partial charge in [-0.15, -0.1) is 0 Å². The second-order valence-corrected chi connectivity index (χ2v) is 7.15. The molecule has 10 heteroatoms. The first kappa shape index (κ1) is 22.9. The van der Waals surface area contributed by atoms with Gasteiger partial charge in [0.05, 0.1) is 13.0 Å². The zero-order valence-corrected chi connectivity index (χ0v) is 15.3.